The SMILES string of the molecule is CCC#C/C=C\C1=C(C(=O)OC(c2ccccc2)c2ccccc2)N2C(=O)[C@@H](NC=O)[C@H]2SC1. The Kier molecular flexibility index (Phi) is 7.51. The molecular weight excluding hydrogens is 448 g/mol. The van der Waals surface area contributed by atoms with E-state index in [-0.39, 0.29) is 17.0 Å². The number of thioether (sulfide) groups is 1. The minimum Gasteiger partial charge on any atom is -0.448 e. The predicted molar refractivity (Wildman–Crippen MR) is 131 cm³/mol. The van der Waals surface area contributed by atoms with Gasteiger partial charge in [0.15, 0.2) is 6.10 Å². The van der Waals surface area contributed by atoms with Crippen molar-refractivity contribution in [2.24, 2.45) is 0 Å². The Morgan fingerprint density at radius 1 is 1.18 bits per heavy atom. The van der Waals surface area contributed by atoms with E-state index in [4.69, 9.17) is 4.74 Å². The average Bonchev–Trinajstić information content (AvgIpc) is 2.88. The number of fused-ring (bicyclic) bond motifs is 1. The molecule has 2 heterocycles. The third-order valence-corrected chi connectivity index (χ3v) is 6.82. The van der Waals surface area contributed by atoms with Crippen molar-refractivity contribution < 1.29 is 19.1 Å². The van der Waals surface area contributed by atoms with Gasteiger partial charge in [-0.15, -0.1) is 11.8 Å². The van der Waals surface area contributed by atoms with Crippen LogP contribution in [0, 0.1) is 11.8 Å². The molecule has 7 heteroatoms. The molecule has 0 spiro atoms. The Morgan fingerprint density at radius 2 is 1.82 bits per heavy atom. The number of carbonyl (C=O) groups excluding carboxylic acids is 3. The van der Waals surface area contributed by atoms with E-state index in [1.165, 1.54) is 16.7 Å². The molecule has 0 unspecified atom stereocenters. The fourth-order valence-electron chi connectivity index (χ4n) is 3.90. The van der Waals surface area contributed by atoms with E-state index in [2.05, 4.69) is 17.2 Å². The average molecular weight is 473 g/mol. The van der Waals surface area contributed by atoms with Crippen molar-refractivity contribution in [2.45, 2.75) is 30.9 Å². The lowest BCUT2D eigenvalue weighted by molar-refractivity contribution is -0.154. The summed E-state index contributed by atoms with van der Waals surface area (Å²) < 4.78 is 6.06. The van der Waals surface area contributed by atoms with Gasteiger partial charge in [0, 0.05) is 12.2 Å². The van der Waals surface area contributed by atoms with Gasteiger partial charge in [-0.3, -0.25) is 14.5 Å². The zero-order valence-corrected chi connectivity index (χ0v) is 19.5. The summed E-state index contributed by atoms with van der Waals surface area (Å²) in [5.41, 5.74) is 2.51. The summed E-state index contributed by atoms with van der Waals surface area (Å²) in [7, 11) is 0. The van der Waals surface area contributed by atoms with E-state index in [9.17, 15) is 14.4 Å². The molecule has 0 bridgehead atoms. The van der Waals surface area contributed by atoms with Crippen LogP contribution in [0.4, 0.5) is 0 Å². The second-order valence-electron chi connectivity index (χ2n) is 7.66. The van der Waals surface area contributed by atoms with Gasteiger partial charge in [-0.2, -0.15) is 0 Å². The number of hydrogen-bond donors (Lipinski definition) is 1. The fourth-order valence-corrected chi connectivity index (χ4v) is 5.23. The van der Waals surface area contributed by atoms with Crippen LogP contribution in [0.1, 0.15) is 30.6 Å². The molecule has 0 saturated carbocycles. The minimum atomic E-state index is -0.658. The number of amides is 2. The van der Waals surface area contributed by atoms with Crippen molar-refractivity contribution in [2.75, 3.05) is 5.75 Å². The normalized spacial score (nSPS) is 19.2. The van der Waals surface area contributed by atoms with Gasteiger partial charge < -0.3 is 10.1 Å². The van der Waals surface area contributed by atoms with Crippen LogP contribution in [0.2, 0.25) is 0 Å². The molecule has 2 aliphatic rings. The summed E-state index contributed by atoms with van der Waals surface area (Å²) in [5.74, 6) is 5.45. The molecule has 1 fully saturated rings. The van der Waals surface area contributed by atoms with E-state index >= 15 is 0 Å². The molecule has 1 saturated heterocycles. The number of esters is 1. The van der Waals surface area contributed by atoms with E-state index in [0.717, 1.165) is 11.1 Å². The third-order valence-electron chi connectivity index (χ3n) is 5.51. The van der Waals surface area contributed by atoms with Crippen LogP contribution >= 0.6 is 11.8 Å². The first-order chi connectivity index (χ1) is 16.7. The molecule has 172 valence electrons. The lowest BCUT2D eigenvalue weighted by atomic mass is 10.0. The van der Waals surface area contributed by atoms with Gasteiger partial charge in [0.05, 0.1) is 0 Å². The quantitative estimate of drug-likeness (QED) is 0.289. The summed E-state index contributed by atoms with van der Waals surface area (Å²) in [6, 6.07) is 18.3. The van der Waals surface area contributed by atoms with Crippen LogP contribution < -0.4 is 5.32 Å². The number of nitrogens with zero attached hydrogens (tertiary/aromatic N) is 1. The number of carbonyl (C=O) groups is 3. The maximum atomic E-state index is 13.6. The summed E-state index contributed by atoms with van der Waals surface area (Å²) >= 11 is 1.49. The molecule has 4 rings (SSSR count). The lowest BCUT2D eigenvalue weighted by Gasteiger charge is -2.49. The molecule has 2 aliphatic heterocycles. The monoisotopic (exact) mass is 472 g/mol. The maximum absolute atomic E-state index is 13.6. The molecule has 0 aromatic heterocycles. The molecule has 34 heavy (non-hydrogen) atoms. The highest BCUT2D eigenvalue weighted by molar-refractivity contribution is 8.00. The molecule has 2 amide bonds. The van der Waals surface area contributed by atoms with Crippen LogP contribution in [0.5, 0.6) is 0 Å². The van der Waals surface area contributed by atoms with E-state index in [0.29, 0.717) is 24.2 Å². The number of hydrogen-bond acceptors (Lipinski definition) is 5. The highest BCUT2D eigenvalue weighted by Crippen LogP contribution is 2.41. The first-order valence-electron chi connectivity index (χ1n) is 11.0. The van der Waals surface area contributed by atoms with Crippen molar-refractivity contribution in [3.63, 3.8) is 0 Å². The standard InChI is InChI=1S/C27H24N2O4S/c1-2-3-4-7-16-21-17-34-26-22(28-18-30)25(31)29(26)23(21)27(32)33-24(19-12-8-5-9-13-19)20-14-10-6-11-15-20/h5-16,18,22,24,26H,2,17H2,1H3,(H,28,30)/b16-7-/t22-,26-/m1/s1. The number of benzene rings is 2. The number of rotatable bonds is 7. The molecule has 0 radical (unpaired) electrons. The van der Waals surface area contributed by atoms with Gasteiger partial charge in [0.2, 0.25) is 6.41 Å². The Morgan fingerprint density at radius 3 is 2.41 bits per heavy atom. The smallest absolute Gasteiger partial charge is 0.356 e. The van der Waals surface area contributed by atoms with Gasteiger partial charge in [-0.25, -0.2) is 4.79 Å². The lowest BCUT2D eigenvalue weighted by Crippen LogP contribution is -2.69. The Balaban J connectivity index is 1.70. The fraction of sp³-hybridized carbons (Fsp3) is 0.222. The third kappa shape index (κ3) is 4.78. The first-order valence-corrected chi connectivity index (χ1v) is 12.0. The van der Waals surface area contributed by atoms with Crippen molar-refractivity contribution in [1.82, 2.24) is 10.2 Å². The number of nitrogens with one attached hydrogen (secondary N) is 1. The molecule has 2 aromatic carbocycles. The Hall–Kier alpha value is -3.76. The zero-order valence-electron chi connectivity index (χ0n) is 18.6. The largest absolute Gasteiger partial charge is 0.448 e. The Labute approximate surface area is 203 Å². The van der Waals surface area contributed by atoms with Crippen LogP contribution in [-0.4, -0.2) is 40.4 Å². The van der Waals surface area contributed by atoms with E-state index in [1.807, 2.05) is 67.6 Å². The molecule has 1 N–H and O–H groups in total. The summed E-state index contributed by atoms with van der Waals surface area (Å²) in [4.78, 5) is 38.8. The zero-order chi connectivity index (χ0) is 23.9. The van der Waals surface area contributed by atoms with E-state index < -0.39 is 18.1 Å². The van der Waals surface area contributed by atoms with Gasteiger partial charge in [-0.05, 0) is 28.9 Å². The summed E-state index contributed by atoms with van der Waals surface area (Å²) in [6.45, 7) is 1.95. The highest BCUT2D eigenvalue weighted by Gasteiger charge is 2.53. The van der Waals surface area contributed by atoms with Gasteiger partial charge >= 0.3 is 5.97 Å². The number of allylic oxidation sites excluding steroid dienone is 2. The number of β-lactam (4-membered cyclic amide) rings is 1. The molecule has 0 aliphatic carbocycles. The van der Waals surface area contributed by atoms with E-state index in [1.54, 1.807) is 12.2 Å². The Bertz CT molecular complexity index is 1140. The second-order valence-corrected chi connectivity index (χ2v) is 8.77. The molecule has 2 atom stereocenters. The summed E-state index contributed by atoms with van der Waals surface area (Å²) in [6.07, 6.45) is 4.04. The first kappa shape index (κ1) is 23.4. The molecule has 6 nitrogen and oxygen atoms in total. The molecule has 2 aromatic rings. The van der Waals surface area contributed by atoms with Crippen LogP contribution in [-0.2, 0) is 19.1 Å². The van der Waals surface area contributed by atoms with Crippen LogP contribution in [0.3, 0.4) is 0 Å². The van der Waals surface area contributed by atoms with Gasteiger partial charge in [0.1, 0.15) is 17.1 Å². The van der Waals surface area contributed by atoms with Crippen LogP contribution in [0.15, 0.2) is 84.1 Å². The van der Waals surface area contributed by atoms with Gasteiger partial charge in [0.25, 0.3) is 5.91 Å². The van der Waals surface area contributed by atoms with Gasteiger partial charge in [-0.1, -0.05) is 79.4 Å². The van der Waals surface area contributed by atoms with Crippen molar-refractivity contribution >= 4 is 30.0 Å². The second kappa shape index (κ2) is 10.9. The minimum absolute atomic E-state index is 0.198. The predicted octanol–water partition coefficient (Wildman–Crippen LogP) is 3.57. The highest BCUT2D eigenvalue weighted by atomic mass is 32.2. The summed E-state index contributed by atoms with van der Waals surface area (Å²) in [5, 5.41) is 2.19. The van der Waals surface area contributed by atoms with Crippen molar-refractivity contribution in [3.05, 3.63) is 95.2 Å². The van der Waals surface area contributed by atoms with Crippen molar-refractivity contribution in [3.8, 4) is 11.8 Å². The topological polar surface area (TPSA) is 75.7 Å². The molecular formula is C27H24N2O4S. The number of ether oxygens (including phenoxy) is 1. The van der Waals surface area contributed by atoms with Crippen molar-refractivity contribution in [1.29, 1.82) is 0 Å². The maximum Gasteiger partial charge on any atom is 0.356 e. The van der Waals surface area contributed by atoms with Crippen LogP contribution in [0.25, 0.3) is 0 Å².